The molecule has 1 fully saturated rings. The highest BCUT2D eigenvalue weighted by Crippen LogP contribution is 2.38. The van der Waals surface area contributed by atoms with Gasteiger partial charge in [0.2, 0.25) is 0 Å². The van der Waals surface area contributed by atoms with E-state index in [1.807, 2.05) is 0 Å². The summed E-state index contributed by atoms with van der Waals surface area (Å²) in [6.07, 6.45) is 3.72. The molecular weight excluding hydrogens is 160 g/mol. The zero-order chi connectivity index (χ0) is 9.90. The molecule has 0 bridgehead atoms. The highest BCUT2D eigenvalue weighted by Gasteiger charge is 2.36. The highest BCUT2D eigenvalue weighted by molar-refractivity contribution is 5.07. The van der Waals surface area contributed by atoms with Gasteiger partial charge in [0, 0.05) is 0 Å². The first-order valence-corrected chi connectivity index (χ1v) is 5.32. The third-order valence-corrected chi connectivity index (χ3v) is 3.09. The Morgan fingerprint density at radius 1 is 1.38 bits per heavy atom. The van der Waals surface area contributed by atoms with Crippen LogP contribution in [-0.4, -0.2) is 23.5 Å². The topological polar surface area (TPSA) is 27.0 Å². The van der Waals surface area contributed by atoms with Crippen molar-refractivity contribution in [3.8, 4) is 6.07 Å². The summed E-state index contributed by atoms with van der Waals surface area (Å²) in [5.74, 6) is 0.824. The van der Waals surface area contributed by atoms with E-state index in [1.54, 1.807) is 0 Å². The number of rotatable bonds is 5. The van der Waals surface area contributed by atoms with Crippen LogP contribution in [0.5, 0.6) is 0 Å². The summed E-state index contributed by atoms with van der Waals surface area (Å²) >= 11 is 0. The van der Waals surface area contributed by atoms with Gasteiger partial charge in [0.05, 0.1) is 6.07 Å². The Morgan fingerprint density at radius 2 is 1.92 bits per heavy atom. The van der Waals surface area contributed by atoms with E-state index in [4.69, 9.17) is 0 Å². The number of nitrogens with zero attached hydrogens (tertiary/aromatic N) is 2. The molecule has 2 nitrogen and oxygen atoms in total. The molecule has 0 aromatic carbocycles. The number of hydrogen-bond acceptors (Lipinski definition) is 2. The Bertz CT molecular complexity index is 199. The minimum Gasteiger partial charge on any atom is -0.286 e. The summed E-state index contributed by atoms with van der Waals surface area (Å²) in [6.45, 7) is 8.30. The third kappa shape index (κ3) is 2.45. The molecule has 1 saturated carbocycles. The smallest absolute Gasteiger partial charge is 0.106 e. The second-order valence-electron chi connectivity index (χ2n) is 4.21. The van der Waals surface area contributed by atoms with Crippen LogP contribution in [0.25, 0.3) is 0 Å². The second-order valence-corrected chi connectivity index (χ2v) is 4.21. The van der Waals surface area contributed by atoms with Gasteiger partial charge >= 0.3 is 0 Å². The molecule has 0 aliphatic heterocycles. The van der Waals surface area contributed by atoms with Gasteiger partial charge in [0.15, 0.2) is 0 Å². The van der Waals surface area contributed by atoms with Crippen molar-refractivity contribution in [3.63, 3.8) is 0 Å². The molecule has 0 spiro atoms. The summed E-state index contributed by atoms with van der Waals surface area (Å²) < 4.78 is 0. The van der Waals surface area contributed by atoms with E-state index < -0.39 is 0 Å². The molecule has 2 heteroatoms. The van der Waals surface area contributed by atoms with Crippen molar-refractivity contribution in [2.24, 2.45) is 5.92 Å². The summed E-state index contributed by atoms with van der Waals surface area (Å²) in [4.78, 5) is 2.27. The van der Waals surface area contributed by atoms with E-state index in [9.17, 15) is 5.26 Å². The summed E-state index contributed by atoms with van der Waals surface area (Å²) in [5.41, 5.74) is -0.218. The maximum absolute atomic E-state index is 9.20. The molecule has 0 heterocycles. The lowest BCUT2D eigenvalue weighted by Gasteiger charge is -2.34. The molecule has 1 rings (SSSR count). The minimum absolute atomic E-state index is 0.218. The van der Waals surface area contributed by atoms with E-state index in [0.717, 1.165) is 25.4 Å². The fraction of sp³-hybridized carbons (Fsp3) is 0.909. The standard InChI is InChI=1S/C11H20N2/c1-4-13(5-2)11(3,9-12)8-10-6-7-10/h10H,4-8H2,1-3H3. The van der Waals surface area contributed by atoms with Crippen LogP contribution in [0.2, 0.25) is 0 Å². The van der Waals surface area contributed by atoms with Gasteiger partial charge in [-0.1, -0.05) is 26.7 Å². The molecular formula is C11H20N2. The molecule has 0 radical (unpaired) electrons. The molecule has 74 valence electrons. The van der Waals surface area contributed by atoms with Crippen LogP contribution in [0.3, 0.4) is 0 Å². The van der Waals surface area contributed by atoms with Crippen LogP contribution in [0.4, 0.5) is 0 Å². The monoisotopic (exact) mass is 180 g/mol. The molecule has 1 aliphatic carbocycles. The summed E-state index contributed by atoms with van der Waals surface area (Å²) in [5, 5.41) is 9.20. The fourth-order valence-corrected chi connectivity index (χ4v) is 2.05. The van der Waals surface area contributed by atoms with Crippen molar-refractivity contribution >= 4 is 0 Å². The Kier molecular flexibility index (Phi) is 3.33. The average molecular weight is 180 g/mol. The number of hydrogen-bond donors (Lipinski definition) is 0. The molecule has 0 aromatic heterocycles. The first-order valence-electron chi connectivity index (χ1n) is 5.32. The van der Waals surface area contributed by atoms with Crippen LogP contribution < -0.4 is 0 Å². The van der Waals surface area contributed by atoms with E-state index >= 15 is 0 Å². The molecule has 1 atom stereocenters. The molecule has 0 aromatic rings. The number of nitriles is 1. The zero-order valence-corrected chi connectivity index (χ0v) is 9.01. The SMILES string of the molecule is CCN(CC)C(C)(C#N)CC1CC1. The van der Waals surface area contributed by atoms with E-state index in [2.05, 4.69) is 31.7 Å². The van der Waals surface area contributed by atoms with Gasteiger partial charge in [-0.2, -0.15) is 5.26 Å². The van der Waals surface area contributed by atoms with Crippen LogP contribution in [0, 0.1) is 17.2 Å². The van der Waals surface area contributed by atoms with Gasteiger partial charge in [-0.25, -0.2) is 0 Å². The van der Waals surface area contributed by atoms with Gasteiger partial charge < -0.3 is 0 Å². The Labute approximate surface area is 81.5 Å². The molecule has 0 saturated heterocycles. The van der Waals surface area contributed by atoms with E-state index in [-0.39, 0.29) is 5.54 Å². The van der Waals surface area contributed by atoms with E-state index in [0.29, 0.717) is 0 Å². The average Bonchev–Trinajstić information content (AvgIpc) is 2.90. The van der Waals surface area contributed by atoms with Crippen molar-refractivity contribution < 1.29 is 0 Å². The fourth-order valence-electron chi connectivity index (χ4n) is 2.05. The zero-order valence-electron chi connectivity index (χ0n) is 9.01. The first-order chi connectivity index (χ1) is 6.16. The lowest BCUT2D eigenvalue weighted by Crippen LogP contribution is -2.45. The van der Waals surface area contributed by atoms with Crippen molar-refractivity contribution in [2.75, 3.05) is 13.1 Å². The minimum atomic E-state index is -0.218. The van der Waals surface area contributed by atoms with Gasteiger partial charge in [0.25, 0.3) is 0 Å². The predicted octanol–water partition coefficient (Wildman–Crippen LogP) is 2.41. The first kappa shape index (κ1) is 10.5. The molecule has 1 unspecified atom stereocenters. The summed E-state index contributed by atoms with van der Waals surface area (Å²) in [7, 11) is 0. The molecule has 13 heavy (non-hydrogen) atoms. The van der Waals surface area contributed by atoms with Crippen LogP contribution in [-0.2, 0) is 0 Å². The molecule has 0 amide bonds. The Morgan fingerprint density at radius 3 is 2.23 bits per heavy atom. The third-order valence-electron chi connectivity index (χ3n) is 3.09. The van der Waals surface area contributed by atoms with Gasteiger partial charge in [-0.3, -0.25) is 4.90 Å². The largest absolute Gasteiger partial charge is 0.286 e. The van der Waals surface area contributed by atoms with Crippen LogP contribution in [0.15, 0.2) is 0 Å². The maximum Gasteiger partial charge on any atom is 0.106 e. The lowest BCUT2D eigenvalue weighted by molar-refractivity contribution is 0.153. The Balaban J connectivity index is 2.59. The molecule has 0 N–H and O–H groups in total. The van der Waals surface area contributed by atoms with Crippen molar-refractivity contribution in [1.82, 2.24) is 4.90 Å². The Hall–Kier alpha value is -0.550. The van der Waals surface area contributed by atoms with Crippen LogP contribution >= 0.6 is 0 Å². The summed E-state index contributed by atoms with van der Waals surface area (Å²) in [6, 6.07) is 2.48. The van der Waals surface area contributed by atoms with Crippen molar-refractivity contribution in [3.05, 3.63) is 0 Å². The predicted molar refractivity (Wildman–Crippen MR) is 54.3 cm³/mol. The van der Waals surface area contributed by atoms with Crippen molar-refractivity contribution in [1.29, 1.82) is 5.26 Å². The molecule has 1 aliphatic rings. The lowest BCUT2D eigenvalue weighted by atomic mass is 9.94. The van der Waals surface area contributed by atoms with Gasteiger partial charge in [-0.05, 0) is 32.4 Å². The van der Waals surface area contributed by atoms with E-state index in [1.165, 1.54) is 12.8 Å². The van der Waals surface area contributed by atoms with Gasteiger partial charge in [0.1, 0.15) is 5.54 Å². The second kappa shape index (κ2) is 4.11. The highest BCUT2D eigenvalue weighted by atomic mass is 15.2. The van der Waals surface area contributed by atoms with Crippen molar-refractivity contribution in [2.45, 2.75) is 45.6 Å². The van der Waals surface area contributed by atoms with Gasteiger partial charge in [-0.15, -0.1) is 0 Å². The quantitative estimate of drug-likeness (QED) is 0.649. The van der Waals surface area contributed by atoms with Crippen LogP contribution in [0.1, 0.15) is 40.0 Å². The maximum atomic E-state index is 9.20. The normalized spacial score (nSPS) is 21.2.